The lowest BCUT2D eigenvalue weighted by Gasteiger charge is -2.33. The number of nitrogens with zero attached hydrogens (tertiary/aromatic N) is 2. The lowest BCUT2D eigenvalue weighted by atomic mass is 10.0. The van der Waals surface area contributed by atoms with Crippen LogP contribution in [0.15, 0.2) is 47.4 Å². The summed E-state index contributed by atoms with van der Waals surface area (Å²) < 4.78 is 76.8. The molecule has 42 heavy (non-hydrogen) atoms. The molecule has 0 radical (unpaired) electrons. The highest BCUT2D eigenvalue weighted by Crippen LogP contribution is 2.30. The molecular weight excluding hydrogens is 579 g/mol. The van der Waals surface area contributed by atoms with Gasteiger partial charge in [-0.15, -0.1) is 0 Å². The fraction of sp³-hybridized carbons (Fsp3) is 0.500. The fourth-order valence-corrected chi connectivity index (χ4v) is 5.67. The number of alkyl halides is 3. The number of rotatable bonds is 10. The molecule has 0 unspecified atom stereocenters. The fourth-order valence-electron chi connectivity index (χ4n) is 4.48. The van der Waals surface area contributed by atoms with Gasteiger partial charge < -0.3 is 24.8 Å². The topological polar surface area (TPSA) is 125 Å². The van der Waals surface area contributed by atoms with Crippen molar-refractivity contribution < 1.29 is 45.8 Å². The molecule has 232 valence electrons. The number of benzene rings is 2. The number of methoxy groups -OCH3 is 1. The third-order valence-electron chi connectivity index (χ3n) is 7.04. The van der Waals surface area contributed by atoms with Crippen LogP contribution in [-0.4, -0.2) is 86.7 Å². The number of sulfonamides is 1. The second-order valence-corrected chi connectivity index (χ2v) is 12.4. The largest absolute Gasteiger partial charge is 0.497 e. The maximum absolute atomic E-state index is 13.3. The molecule has 3 rings (SSSR count). The average Bonchev–Trinajstić information content (AvgIpc) is 2.98. The number of carbonyl (C=O) groups excluding carboxylic acids is 2. The first kappa shape index (κ1) is 33.1. The molecule has 0 bridgehead atoms. The molecule has 1 heterocycles. The second-order valence-electron chi connectivity index (χ2n) is 10.3. The average molecular weight is 616 g/mol. The summed E-state index contributed by atoms with van der Waals surface area (Å²) in [5.74, 6) is -0.796. The molecule has 2 aromatic rings. The first-order valence-electron chi connectivity index (χ1n) is 13.3. The number of amides is 2. The lowest BCUT2D eigenvalue weighted by molar-refractivity contribution is -0.142. The predicted molar refractivity (Wildman–Crippen MR) is 149 cm³/mol. The Morgan fingerprint density at radius 1 is 1.24 bits per heavy atom. The van der Waals surface area contributed by atoms with Gasteiger partial charge in [-0.1, -0.05) is 6.92 Å². The van der Waals surface area contributed by atoms with Crippen LogP contribution in [0.1, 0.15) is 32.3 Å². The molecule has 0 aliphatic carbocycles. The summed E-state index contributed by atoms with van der Waals surface area (Å²) in [5, 5.41) is 12.2. The standard InChI is InChI=1S/C28H36F3N3O7S/c1-18-15-34(19(2)17-35)27(37)14-20-13-21(32-26(36)11-12-28(29,30)31)5-10-24(20)41-25(18)16-33(3)42(38,39)23-8-6-22(40-4)7-9-23/h5-10,13,18-19,25,35H,11-12,14-17H2,1-4H3,(H,32,36)/t18-,19+,25+/m1/s1. The molecule has 1 aliphatic rings. The van der Waals surface area contributed by atoms with E-state index in [0.717, 1.165) is 4.31 Å². The number of carbonyl (C=O) groups is 2. The van der Waals surface area contributed by atoms with Crippen molar-refractivity contribution in [2.24, 2.45) is 5.92 Å². The van der Waals surface area contributed by atoms with Gasteiger partial charge in [0.1, 0.15) is 17.6 Å². The number of likely N-dealkylation sites (N-methyl/N-ethyl adjacent to an activating group) is 1. The van der Waals surface area contributed by atoms with Crippen LogP contribution in [0.2, 0.25) is 0 Å². The molecule has 1 aliphatic heterocycles. The van der Waals surface area contributed by atoms with Gasteiger partial charge >= 0.3 is 6.18 Å². The van der Waals surface area contributed by atoms with E-state index in [1.807, 2.05) is 6.92 Å². The molecule has 3 atom stereocenters. The minimum absolute atomic E-state index is 0.0542. The van der Waals surface area contributed by atoms with E-state index in [1.165, 1.54) is 61.5 Å². The summed E-state index contributed by atoms with van der Waals surface area (Å²) in [6.45, 7) is 3.26. The maximum Gasteiger partial charge on any atom is 0.389 e. The Kier molecular flexibility index (Phi) is 10.8. The lowest BCUT2D eigenvalue weighted by Crippen LogP contribution is -2.48. The molecule has 2 amide bonds. The smallest absolute Gasteiger partial charge is 0.389 e. The first-order valence-corrected chi connectivity index (χ1v) is 14.8. The highest BCUT2D eigenvalue weighted by molar-refractivity contribution is 7.89. The van der Waals surface area contributed by atoms with Gasteiger partial charge in [0, 0.05) is 37.2 Å². The van der Waals surface area contributed by atoms with Gasteiger partial charge in [-0.05, 0) is 49.4 Å². The van der Waals surface area contributed by atoms with E-state index in [4.69, 9.17) is 9.47 Å². The summed E-state index contributed by atoms with van der Waals surface area (Å²) in [6.07, 6.45) is -7.42. The summed E-state index contributed by atoms with van der Waals surface area (Å²) in [6, 6.07) is 9.78. The van der Waals surface area contributed by atoms with E-state index in [9.17, 15) is 36.3 Å². The number of aliphatic hydroxyl groups excluding tert-OH is 1. The number of nitrogens with one attached hydrogen (secondary N) is 1. The monoisotopic (exact) mass is 615 g/mol. The number of anilines is 1. The third-order valence-corrected chi connectivity index (χ3v) is 8.88. The zero-order valence-electron chi connectivity index (χ0n) is 23.8. The molecule has 14 heteroatoms. The highest BCUT2D eigenvalue weighted by Gasteiger charge is 2.34. The number of halogens is 3. The van der Waals surface area contributed by atoms with Crippen molar-refractivity contribution in [1.82, 2.24) is 9.21 Å². The van der Waals surface area contributed by atoms with Crippen LogP contribution in [-0.2, 0) is 26.0 Å². The molecule has 0 fully saturated rings. The van der Waals surface area contributed by atoms with Gasteiger partial charge in [0.25, 0.3) is 0 Å². The Bertz CT molecular complexity index is 1350. The van der Waals surface area contributed by atoms with Crippen molar-refractivity contribution >= 4 is 27.5 Å². The highest BCUT2D eigenvalue weighted by atomic mass is 32.2. The van der Waals surface area contributed by atoms with Crippen molar-refractivity contribution in [3.8, 4) is 11.5 Å². The molecule has 0 spiro atoms. The van der Waals surface area contributed by atoms with E-state index in [-0.39, 0.29) is 54.3 Å². The predicted octanol–water partition coefficient (Wildman–Crippen LogP) is 3.45. The summed E-state index contributed by atoms with van der Waals surface area (Å²) in [7, 11) is -1.04. The SMILES string of the molecule is COc1ccc(S(=O)(=O)N(C)C[C@@H]2Oc3ccc(NC(=O)CCC(F)(F)F)cc3CC(=O)N([C@@H](C)CO)C[C@H]2C)cc1. The number of hydrogen-bond acceptors (Lipinski definition) is 7. The number of ether oxygens (including phenoxy) is 2. The van der Waals surface area contributed by atoms with Crippen LogP contribution < -0.4 is 14.8 Å². The van der Waals surface area contributed by atoms with Crippen molar-refractivity contribution in [2.75, 3.05) is 39.2 Å². The van der Waals surface area contributed by atoms with E-state index < -0.39 is 47.1 Å². The van der Waals surface area contributed by atoms with Crippen LogP contribution in [0.4, 0.5) is 18.9 Å². The summed E-state index contributed by atoms with van der Waals surface area (Å²) in [5.41, 5.74) is 0.533. The molecule has 10 nitrogen and oxygen atoms in total. The van der Waals surface area contributed by atoms with Crippen molar-refractivity contribution in [1.29, 1.82) is 0 Å². The molecule has 2 aromatic carbocycles. The Morgan fingerprint density at radius 3 is 2.50 bits per heavy atom. The van der Waals surface area contributed by atoms with Crippen LogP contribution in [0.5, 0.6) is 11.5 Å². The second kappa shape index (κ2) is 13.7. The van der Waals surface area contributed by atoms with Gasteiger partial charge in [0.2, 0.25) is 21.8 Å². The van der Waals surface area contributed by atoms with E-state index in [0.29, 0.717) is 11.3 Å². The number of aliphatic hydroxyl groups is 1. The third kappa shape index (κ3) is 8.58. The zero-order chi connectivity index (χ0) is 31.2. The number of hydrogen-bond donors (Lipinski definition) is 2. The quantitative estimate of drug-likeness (QED) is 0.420. The first-order chi connectivity index (χ1) is 19.6. The number of fused-ring (bicyclic) bond motifs is 1. The Hall–Kier alpha value is -3.36. The Morgan fingerprint density at radius 2 is 1.90 bits per heavy atom. The molecule has 0 saturated carbocycles. The summed E-state index contributed by atoms with van der Waals surface area (Å²) in [4.78, 5) is 27.0. The van der Waals surface area contributed by atoms with E-state index in [1.54, 1.807) is 6.92 Å². The Labute approximate surface area is 243 Å². The van der Waals surface area contributed by atoms with Crippen molar-refractivity contribution in [3.63, 3.8) is 0 Å². The molecule has 0 aromatic heterocycles. The van der Waals surface area contributed by atoms with Crippen LogP contribution in [0.3, 0.4) is 0 Å². The minimum atomic E-state index is -4.48. The molecule has 2 N–H and O–H groups in total. The van der Waals surface area contributed by atoms with Crippen molar-refractivity contribution in [2.45, 2.75) is 56.3 Å². The van der Waals surface area contributed by atoms with Crippen molar-refractivity contribution in [3.05, 3.63) is 48.0 Å². The normalized spacial score (nSPS) is 18.8. The molecule has 0 saturated heterocycles. The molecular formula is C28H36F3N3O7S. The van der Waals surface area contributed by atoms with Crippen LogP contribution in [0.25, 0.3) is 0 Å². The van der Waals surface area contributed by atoms with Gasteiger partial charge in [0.15, 0.2) is 0 Å². The van der Waals surface area contributed by atoms with Gasteiger partial charge in [-0.3, -0.25) is 9.59 Å². The van der Waals surface area contributed by atoms with Gasteiger partial charge in [0.05, 0.1) is 44.0 Å². The van der Waals surface area contributed by atoms with Crippen LogP contribution >= 0.6 is 0 Å². The van der Waals surface area contributed by atoms with Gasteiger partial charge in [-0.25, -0.2) is 8.42 Å². The Balaban J connectivity index is 1.91. The minimum Gasteiger partial charge on any atom is -0.497 e. The zero-order valence-corrected chi connectivity index (χ0v) is 24.7. The maximum atomic E-state index is 13.3. The summed E-state index contributed by atoms with van der Waals surface area (Å²) >= 11 is 0. The van der Waals surface area contributed by atoms with Gasteiger partial charge in [-0.2, -0.15) is 17.5 Å². The van der Waals surface area contributed by atoms with Crippen LogP contribution in [0, 0.1) is 5.92 Å². The van der Waals surface area contributed by atoms with E-state index in [2.05, 4.69) is 5.32 Å². The van der Waals surface area contributed by atoms with E-state index >= 15 is 0 Å².